The molecule has 1 aromatic rings. The third-order valence-corrected chi connectivity index (χ3v) is 9.51. The Labute approximate surface area is 239 Å². The van der Waals surface area contributed by atoms with E-state index in [-0.39, 0.29) is 30.2 Å². The van der Waals surface area contributed by atoms with Crippen LogP contribution in [0.4, 0.5) is 0 Å². The molecule has 3 N–H and O–H groups in total. The molecule has 2 fully saturated rings. The van der Waals surface area contributed by atoms with Crippen LogP contribution in [0.25, 0.3) is 6.08 Å². The number of phenolic OH excluding ortho intramolecular Hbond substituents is 1. The minimum absolute atomic E-state index is 0.0267. The molecule has 0 aromatic heterocycles. The monoisotopic (exact) mass is 637 g/mol. The van der Waals surface area contributed by atoms with Gasteiger partial charge in [0, 0.05) is 12.0 Å². The fourth-order valence-corrected chi connectivity index (χ4v) is 7.36. The van der Waals surface area contributed by atoms with Crippen molar-refractivity contribution < 1.29 is 29.6 Å². The number of nitrogens with zero attached hydrogens (tertiary/aromatic N) is 1. The van der Waals surface area contributed by atoms with E-state index >= 15 is 0 Å². The number of halogens is 1. The van der Waals surface area contributed by atoms with Crippen LogP contribution in [0, 0.1) is 21.3 Å². The Morgan fingerprint density at radius 1 is 1.21 bits per heavy atom. The zero-order valence-electron chi connectivity index (χ0n) is 22.6. The molecule has 3 aliphatic rings. The van der Waals surface area contributed by atoms with E-state index in [4.69, 9.17) is 4.74 Å². The van der Waals surface area contributed by atoms with E-state index < -0.39 is 23.9 Å². The number of hydrogen-bond acceptors (Lipinski definition) is 6. The summed E-state index contributed by atoms with van der Waals surface area (Å²) in [7, 11) is 1.52. The van der Waals surface area contributed by atoms with Gasteiger partial charge in [-0.25, -0.2) is 0 Å². The Hall–Kier alpha value is -1.91. The fourth-order valence-electron chi connectivity index (χ4n) is 6.74. The molecule has 0 spiro atoms. The minimum atomic E-state index is -0.802. The molecule has 0 radical (unpaired) electrons. The van der Waals surface area contributed by atoms with Gasteiger partial charge in [-0.15, -0.1) is 0 Å². The summed E-state index contributed by atoms with van der Waals surface area (Å²) < 4.78 is 5.98. The number of carbonyl (C=O) groups is 2. The molecule has 1 heterocycles. The maximum absolute atomic E-state index is 13.6. The second kappa shape index (κ2) is 12.5. The van der Waals surface area contributed by atoms with E-state index in [1.165, 1.54) is 12.0 Å². The van der Waals surface area contributed by atoms with Crippen molar-refractivity contribution in [2.45, 2.75) is 83.8 Å². The molecule has 1 saturated carbocycles. The molecule has 2 amide bonds. The van der Waals surface area contributed by atoms with E-state index in [0.717, 1.165) is 60.8 Å². The normalized spacial score (nSPS) is 25.7. The Morgan fingerprint density at radius 2 is 1.92 bits per heavy atom. The quantitative estimate of drug-likeness (QED) is 0.195. The second-order valence-corrected chi connectivity index (χ2v) is 12.1. The molecule has 2 aliphatic carbocycles. The van der Waals surface area contributed by atoms with Gasteiger partial charge in [-0.3, -0.25) is 14.5 Å². The Kier molecular flexibility index (Phi) is 9.58. The van der Waals surface area contributed by atoms with Crippen molar-refractivity contribution in [1.29, 1.82) is 0 Å². The van der Waals surface area contributed by atoms with Gasteiger partial charge in [0.25, 0.3) is 0 Å². The van der Waals surface area contributed by atoms with Gasteiger partial charge in [-0.05, 0) is 91.3 Å². The average molecular weight is 638 g/mol. The number of fused-ring (bicyclic) bond motifs is 1. The highest BCUT2D eigenvalue weighted by atomic mass is 127. The number of aliphatic hydroxyl groups is 2. The predicted molar refractivity (Wildman–Crippen MR) is 154 cm³/mol. The summed E-state index contributed by atoms with van der Waals surface area (Å²) in [5, 5.41) is 31.9. The van der Waals surface area contributed by atoms with Crippen molar-refractivity contribution in [1.82, 2.24) is 4.90 Å². The molecular weight excluding hydrogens is 597 g/mol. The summed E-state index contributed by atoms with van der Waals surface area (Å²) in [5.74, 6) is -1.27. The van der Waals surface area contributed by atoms with Crippen molar-refractivity contribution in [2.24, 2.45) is 17.8 Å². The van der Waals surface area contributed by atoms with Crippen LogP contribution in [0.2, 0.25) is 0 Å². The van der Waals surface area contributed by atoms with E-state index in [1.54, 1.807) is 6.07 Å². The smallest absolute Gasteiger partial charge is 0.234 e. The molecule has 4 rings (SSSR count). The molecule has 8 heteroatoms. The first-order valence-electron chi connectivity index (χ1n) is 13.8. The highest BCUT2D eigenvalue weighted by Crippen LogP contribution is 2.47. The van der Waals surface area contributed by atoms with Gasteiger partial charge in [0.05, 0.1) is 35.2 Å². The standard InChI is InChI=1S/C30H40INO6/c1-4-18(13-19-14-23(31)28(35)25(15-19)38-3)10-11-24(34)26-17(2)12-21-27(22(26)16-33)30(37)32(29(21)36)20-8-6-5-7-9-20/h13-15,20-22,24,27,33-35H,4-12,16H2,1-3H3/b18-13+/t21-,22+,24-,27-/m1/s1. The first-order chi connectivity index (χ1) is 18.2. The molecular formula is C30H40INO6. The number of aromatic hydroxyl groups is 1. The molecule has 0 unspecified atom stereocenters. The number of likely N-dealkylation sites (tertiary alicyclic amines) is 1. The third-order valence-electron chi connectivity index (χ3n) is 8.69. The van der Waals surface area contributed by atoms with Crippen LogP contribution in [0.5, 0.6) is 11.5 Å². The number of hydrogen-bond donors (Lipinski definition) is 3. The molecule has 1 saturated heterocycles. The first-order valence-corrected chi connectivity index (χ1v) is 14.9. The van der Waals surface area contributed by atoms with Crippen LogP contribution in [0.3, 0.4) is 0 Å². The van der Waals surface area contributed by atoms with Crippen molar-refractivity contribution >= 4 is 40.5 Å². The van der Waals surface area contributed by atoms with Gasteiger partial charge < -0.3 is 20.1 Å². The number of amides is 2. The number of phenols is 1. The topological polar surface area (TPSA) is 107 Å². The lowest BCUT2D eigenvalue weighted by molar-refractivity contribution is -0.143. The number of carbonyl (C=O) groups excluding carboxylic acids is 2. The molecule has 7 nitrogen and oxygen atoms in total. The van der Waals surface area contributed by atoms with Gasteiger partial charge in [-0.1, -0.05) is 43.4 Å². The lowest BCUT2D eigenvalue weighted by atomic mass is 9.68. The number of rotatable bonds is 9. The Balaban J connectivity index is 1.51. The number of allylic oxidation sites excluding steroid dienone is 2. The second-order valence-electron chi connectivity index (χ2n) is 11.0. The SMILES string of the molecule is CC/C(=C\c1cc(I)c(O)c(OC)c1)CC[C@@H](O)C1=C(C)C[C@H]2C(=O)N(C3CCCCC3)C(=O)[C@H]2[C@H]1CO. The average Bonchev–Trinajstić information content (AvgIpc) is 3.16. The van der Waals surface area contributed by atoms with Gasteiger partial charge in [0.15, 0.2) is 11.5 Å². The summed E-state index contributed by atoms with van der Waals surface area (Å²) in [6.07, 6.45) is 8.54. The minimum Gasteiger partial charge on any atom is -0.504 e. The van der Waals surface area contributed by atoms with Crippen molar-refractivity contribution in [3.05, 3.63) is 38.0 Å². The molecule has 208 valence electrons. The van der Waals surface area contributed by atoms with Crippen molar-refractivity contribution in [3.8, 4) is 11.5 Å². The third kappa shape index (κ3) is 5.68. The van der Waals surface area contributed by atoms with Crippen LogP contribution in [0.15, 0.2) is 28.9 Å². The first kappa shape index (κ1) is 29.1. The number of ether oxygens (including phenoxy) is 1. The zero-order chi connectivity index (χ0) is 27.6. The largest absolute Gasteiger partial charge is 0.504 e. The Morgan fingerprint density at radius 3 is 2.55 bits per heavy atom. The number of aliphatic hydroxyl groups excluding tert-OH is 2. The highest BCUT2D eigenvalue weighted by Gasteiger charge is 2.55. The molecule has 1 aliphatic heterocycles. The summed E-state index contributed by atoms with van der Waals surface area (Å²) >= 11 is 2.07. The number of benzene rings is 1. The fraction of sp³-hybridized carbons (Fsp3) is 0.600. The summed E-state index contributed by atoms with van der Waals surface area (Å²) in [6.45, 7) is 3.74. The predicted octanol–water partition coefficient (Wildman–Crippen LogP) is 5.20. The van der Waals surface area contributed by atoms with Crippen LogP contribution >= 0.6 is 22.6 Å². The van der Waals surface area contributed by atoms with Crippen LogP contribution in [0.1, 0.15) is 77.2 Å². The molecule has 0 bridgehead atoms. The lowest BCUT2D eigenvalue weighted by Crippen LogP contribution is -2.42. The van der Waals surface area contributed by atoms with E-state index in [2.05, 4.69) is 35.6 Å². The van der Waals surface area contributed by atoms with Crippen molar-refractivity contribution in [2.75, 3.05) is 13.7 Å². The lowest BCUT2D eigenvalue weighted by Gasteiger charge is -2.35. The number of imide groups is 1. The van der Waals surface area contributed by atoms with Crippen LogP contribution in [-0.2, 0) is 9.59 Å². The van der Waals surface area contributed by atoms with Crippen LogP contribution in [-0.4, -0.2) is 57.9 Å². The summed E-state index contributed by atoms with van der Waals surface area (Å²) in [6, 6.07) is 3.66. The van der Waals surface area contributed by atoms with Crippen molar-refractivity contribution in [3.63, 3.8) is 0 Å². The van der Waals surface area contributed by atoms with Crippen LogP contribution < -0.4 is 4.74 Å². The van der Waals surface area contributed by atoms with Gasteiger partial charge in [0.1, 0.15) is 0 Å². The Bertz CT molecular complexity index is 1120. The summed E-state index contributed by atoms with van der Waals surface area (Å²) in [4.78, 5) is 28.4. The van der Waals surface area contributed by atoms with E-state index in [0.29, 0.717) is 28.6 Å². The summed E-state index contributed by atoms with van der Waals surface area (Å²) in [5.41, 5.74) is 3.70. The van der Waals surface area contributed by atoms with E-state index in [9.17, 15) is 24.9 Å². The molecule has 38 heavy (non-hydrogen) atoms. The maximum Gasteiger partial charge on any atom is 0.234 e. The molecule has 4 atom stereocenters. The number of methoxy groups -OCH3 is 1. The molecule has 1 aromatic carbocycles. The zero-order valence-corrected chi connectivity index (χ0v) is 24.7. The van der Waals surface area contributed by atoms with Gasteiger partial charge in [0.2, 0.25) is 11.8 Å². The maximum atomic E-state index is 13.6. The van der Waals surface area contributed by atoms with Gasteiger partial charge >= 0.3 is 0 Å². The van der Waals surface area contributed by atoms with E-state index in [1.807, 2.05) is 13.0 Å². The van der Waals surface area contributed by atoms with Gasteiger partial charge in [-0.2, -0.15) is 0 Å². The highest BCUT2D eigenvalue weighted by molar-refractivity contribution is 14.1.